The first-order valence-electron chi connectivity index (χ1n) is 6.94. The van der Waals surface area contributed by atoms with Crippen LogP contribution in [0.2, 0.25) is 0 Å². The second-order valence-electron chi connectivity index (χ2n) is 5.20. The molecule has 1 aliphatic rings. The van der Waals surface area contributed by atoms with Crippen molar-refractivity contribution in [1.29, 1.82) is 0 Å². The van der Waals surface area contributed by atoms with Crippen molar-refractivity contribution in [2.75, 3.05) is 24.5 Å². The van der Waals surface area contributed by atoms with Gasteiger partial charge in [0.2, 0.25) is 0 Å². The van der Waals surface area contributed by atoms with Crippen LogP contribution in [0.25, 0.3) is 0 Å². The molecule has 0 aliphatic carbocycles. The zero-order chi connectivity index (χ0) is 13.0. The summed E-state index contributed by atoms with van der Waals surface area (Å²) in [5.41, 5.74) is 3.92. The Morgan fingerprint density at radius 1 is 1.44 bits per heavy atom. The van der Waals surface area contributed by atoms with Gasteiger partial charge in [-0.3, -0.25) is 0 Å². The topological polar surface area (TPSA) is 35.5 Å². The van der Waals surface area contributed by atoms with Crippen LogP contribution < -0.4 is 10.2 Å². The number of nitrogens with zero attached hydrogens (tertiary/aromatic N) is 1. The fourth-order valence-corrected chi connectivity index (χ4v) is 2.52. The number of β-amino-alcohol motifs (C(OH)–C–C–N with tert-alkyl or cyclic N) is 1. The maximum atomic E-state index is 9.66. The molecule has 1 saturated heterocycles. The van der Waals surface area contributed by atoms with Gasteiger partial charge in [0.15, 0.2) is 0 Å². The van der Waals surface area contributed by atoms with Gasteiger partial charge < -0.3 is 15.3 Å². The van der Waals surface area contributed by atoms with Crippen molar-refractivity contribution in [3.8, 4) is 0 Å². The quantitative estimate of drug-likeness (QED) is 0.783. The van der Waals surface area contributed by atoms with Crippen molar-refractivity contribution in [3.63, 3.8) is 0 Å². The zero-order valence-electron chi connectivity index (χ0n) is 11.4. The van der Waals surface area contributed by atoms with Gasteiger partial charge in [-0.1, -0.05) is 24.6 Å². The largest absolute Gasteiger partial charge is 0.391 e. The van der Waals surface area contributed by atoms with Crippen LogP contribution in [0, 0.1) is 6.92 Å². The number of benzene rings is 1. The lowest BCUT2D eigenvalue weighted by molar-refractivity contribution is 0.198. The number of nitrogens with one attached hydrogen (secondary N) is 1. The number of aliphatic hydroxyl groups is 1. The van der Waals surface area contributed by atoms with E-state index in [0.717, 1.165) is 39.0 Å². The maximum Gasteiger partial charge on any atom is 0.0731 e. The Balaban J connectivity index is 2.12. The van der Waals surface area contributed by atoms with Gasteiger partial charge in [0.25, 0.3) is 0 Å². The predicted octanol–water partition coefficient (Wildman–Crippen LogP) is 2.07. The fourth-order valence-electron chi connectivity index (χ4n) is 2.52. The van der Waals surface area contributed by atoms with Crippen LogP contribution in [-0.4, -0.2) is 30.8 Å². The standard InChI is InChI=1S/C15H24N2O/c1-3-7-16-10-13-9-12(2)4-5-15(13)17-8-6-14(18)11-17/h4-5,9,14,16,18H,3,6-8,10-11H2,1-2H3. The normalized spacial score (nSPS) is 19.5. The van der Waals surface area contributed by atoms with Crippen LogP contribution in [0.15, 0.2) is 18.2 Å². The highest BCUT2D eigenvalue weighted by Crippen LogP contribution is 2.25. The maximum absolute atomic E-state index is 9.66. The first-order chi connectivity index (χ1) is 8.70. The van der Waals surface area contributed by atoms with Crippen molar-refractivity contribution >= 4 is 5.69 Å². The lowest BCUT2D eigenvalue weighted by atomic mass is 10.1. The Morgan fingerprint density at radius 3 is 2.94 bits per heavy atom. The minimum atomic E-state index is -0.164. The molecule has 2 N–H and O–H groups in total. The van der Waals surface area contributed by atoms with Gasteiger partial charge >= 0.3 is 0 Å². The van der Waals surface area contributed by atoms with Crippen LogP contribution >= 0.6 is 0 Å². The highest BCUT2D eigenvalue weighted by Gasteiger charge is 2.22. The molecule has 1 aromatic rings. The smallest absolute Gasteiger partial charge is 0.0731 e. The van der Waals surface area contributed by atoms with Crippen LogP contribution in [0.4, 0.5) is 5.69 Å². The van der Waals surface area contributed by atoms with Gasteiger partial charge in [-0.25, -0.2) is 0 Å². The number of anilines is 1. The van der Waals surface area contributed by atoms with E-state index in [9.17, 15) is 5.11 Å². The first-order valence-corrected chi connectivity index (χ1v) is 6.94. The summed E-state index contributed by atoms with van der Waals surface area (Å²) >= 11 is 0. The molecule has 3 heteroatoms. The molecule has 0 radical (unpaired) electrons. The van der Waals surface area contributed by atoms with Gasteiger partial charge in [0.1, 0.15) is 0 Å². The number of hydrogen-bond acceptors (Lipinski definition) is 3. The number of hydrogen-bond donors (Lipinski definition) is 2. The van der Waals surface area contributed by atoms with Crippen LogP contribution in [0.5, 0.6) is 0 Å². The molecule has 0 saturated carbocycles. The SMILES string of the molecule is CCCNCc1cc(C)ccc1N1CCC(O)C1. The Bertz CT molecular complexity index is 392. The third kappa shape index (κ3) is 3.24. The van der Waals surface area contributed by atoms with E-state index in [0.29, 0.717) is 0 Å². The Labute approximate surface area is 110 Å². The monoisotopic (exact) mass is 248 g/mol. The molecule has 3 nitrogen and oxygen atoms in total. The van der Waals surface area contributed by atoms with Gasteiger partial charge in [0, 0.05) is 25.3 Å². The van der Waals surface area contributed by atoms with Crippen molar-refractivity contribution in [3.05, 3.63) is 29.3 Å². The second kappa shape index (κ2) is 6.21. The summed E-state index contributed by atoms with van der Waals surface area (Å²) in [5, 5.41) is 13.1. The van der Waals surface area contributed by atoms with Crippen LogP contribution in [0.1, 0.15) is 30.9 Å². The van der Waals surface area contributed by atoms with E-state index in [4.69, 9.17) is 0 Å². The molecule has 1 unspecified atom stereocenters. The number of rotatable bonds is 5. The molecule has 1 aliphatic heterocycles. The molecule has 18 heavy (non-hydrogen) atoms. The molecule has 0 amide bonds. The summed E-state index contributed by atoms with van der Waals surface area (Å²) in [6.07, 6.45) is 1.88. The number of aryl methyl sites for hydroxylation is 1. The third-order valence-corrected chi connectivity index (χ3v) is 3.48. The van der Waals surface area contributed by atoms with E-state index in [1.807, 2.05) is 0 Å². The fraction of sp³-hybridized carbons (Fsp3) is 0.600. The molecule has 0 spiro atoms. The van der Waals surface area contributed by atoms with Crippen LogP contribution in [0.3, 0.4) is 0 Å². The van der Waals surface area contributed by atoms with Gasteiger partial charge in [-0.15, -0.1) is 0 Å². The summed E-state index contributed by atoms with van der Waals surface area (Å²) in [6.45, 7) is 8.01. The van der Waals surface area contributed by atoms with Crippen molar-refractivity contribution in [1.82, 2.24) is 5.32 Å². The highest BCUT2D eigenvalue weighted by molar-refractivity contribution is 5.55. The van der Waals surface area contributed by atoms with E-state index >= 15 is 0 Å². The Hall–Kier alpha value is -1.06. The highest BCUT2D eigenvalue weighted by atomic mass is 16.3. The lowest BCUT2D eigenvalue weighted by Crippen LogP contribution is -2.24. The first kappa shape index (κ1) is 13.4. The molecular weight excluding hydrogens is 224 g/mol. The molecule has 0 aromatic heterocycles. The minimum absolute atomic E-state index is 0.164. The van der Waals surface area contributed by atoms with Crippen molar-refractivity contribution in [2.24, 2.45) is 0 Å². The van der Waals surface area contributed by atoms with E-state index in [1.165, 1.54) is 16.8 Å². The minimum Gasteiger partial charge on any atom is -0.391 e. The van der Waals surface area contributed by atoms with Gasteiger partial charge in [0.05, 0.1) is 6.10 Å². The molecule has 1 heterocycles. The summed E-state index contributed by atoms with van der Waals surface area (Å²) in [4.78, 5) is 2.30. The molecular formula is C15H24N2O. The predicted molar refractivity (Wildman–Crippen MR) is 76.0 cm³/mol. The molecule has 1 fully saturated rings. The van der Waals surface area contributed by atoms with Gasteiger partial charge in [-0.05, 0) is 37.9 Å². The van der Waals surface area contributed by atoms with Gasteiger partial charge in [-0.2, -0.15) is 0 Å². The summed E-state index contributed by atoms with van der Waals surface area (Å²) in [7, 11) is 0. The molecule has 0 bridgehead atoms. The summed E-state index contributed by atoms with van der Waals surface area (Å²) < 4.78 is 0. The average molecular weight is 248 g/mol. The third-order valence-electron chi connectivity index (χ3n) is 3.48. The van der Waals surface area contributed by atoms with E-state index < -0.39 is 0 Å². The molecule has 2 rings (SSSR count). The molecule has 1 aromatic carbocycles. The summed E-state index contributed by atoms with van der Waals surface area (Å²) in [5.74, 6) is 0. The second-order valence-corrected chi connectivity index (χ2v) is 5.20. The molecule has 100 valence electrons. The zero-order valence-corrected chi connectivity index (χ0v) is 11.4. The van der Waals surface area contributed by atoms with Crippen molar-refractivity contribution in [2.45, 2.75) is 39.3 Å². The lowest BCUT2D eigenvalue weighted by Gasteiger charge is -2.22. The Morgan fingerprint density at radius 2 is 2.28 bits per heavy atom. The molecule has 1 atom stereocenters. The summed E-state index contributed by atoms with van der Waals surface area (Å²) in [6, 6.07) is 6.60. The average Bonchev–Trinajstić information content (AvgIpc) is 2.76. The van der Waals surface area contributed by atoms with E-state index in [-0.39, 0.29) is 6.10 Å². The van der Waals surface area contributed by atoms with E-state index in [2.05, 4.69) is 42.3 Å². The number of aliphatic hydroxyl groups excluding tert-OH is 1. The van der Waals surface area contributed by atoms with E-state index in [1.54, 1.807) is 0 Å². The van der Waals surface area contributed by atoms with Crippen molar-refractivity contribution < 1.29 is 5.11 Å². The Kier molecular flexibility index (Phi) is 4.61. The van der Waals surface area contributed by atoms with Crippen LogP contribution in [-0.2, 0) is 6.54 Å².